The van der Waals surface area contributed by atoms with Crippen molar-refractivity contribution in [2.24, 2.45) is 5.92 Å². The summed E-state index contributed by atoms with van der Waals surface area (Å²) in [6.45, 7) is 7.36. The summed E-state index contributed by atoms with van der Waals surface area (Å²) < 4.78 is 8.74. The normalized spacial score (nSPS) is 9.43. The predicted octanol–water partition coefficient (Wildman–Crippen LogP) is 2.43. The first-order chi connectivity index (χ1) is 9.76. The third-order valence-electron chi connectivity index (χ3n) is 2.19. The Balaban J connectivity index is 0. The molecule has 0 radical (unpaired) electrons. The van der Waals surface area contributed by atoms with E-state index in [-0.39, 0.29) is 24.5 Å². The molecule has 0 aliphatic rings. The van der Waals surface area contributed by atoms with E-state index in [0.29, 0.717) is 12.8 Å². The standard InChI is InChI=1S/C8H14O3.C7H12O3/c1-4-7(9)11-8(10)5-6(2)3;1-3-4-6(8)5-7(9)10-2/h6H,4-5H2,1-3H3;3-5H2,1-2H3. The SMILES string of the molecule is CCC(=O)OC(=O)CC(C)C.CCCC(=O)CC(=O)OC. The first-order valence-corrected chi connectivity index (χ1v) is 7.08. The molecule has 0 aromatic carbocycles. The van der Waals surface area contributed by atoms with Crippen molar-refractivity contribution < 1.29 is 28.7 Å². The molecule has 0 rings (SSSR count). The van der Waals surface area contributed by atoms with Crippen molar-refractivity contribution in [3.05, 3.63) is 0 Å². The molecule has 0 amide bonds. The van der Waals surface area contributed by atoms with E-state index in [4.69, 9.17) is 0 Å². The number of methoxy groups -OCH3 is 1. The van der Waals surface area contributed by atoms with Crippen LogP contribution in [0, 0.1) is 5.92 Å². The molecule has 0 aliphatic heterocycles. The second kappa shape index (κ2) is 13.3. The number of hydrogen-bond acceptors (Lipinski definition) is 6. The minimum absolute atomic E-state index is 0.0469. The summed E-state index contributed by atoms with van der Waals surface area (Å²) in [4.78, 5) is 42.5. The molecule has 0 fully saturated rings. The van der Waals surface area contributed by atoms with Gasteiger partial charge in [0.15, 0.2) is 0 Å². The van der Waals surface area contributed by atoms with Gasteiger partial charge in [0.25, 0.3) is 0 Å². The van der Waals surface area contributed by atoms with Gasteiger partial charge in [0.05, 0.1) is 7.11 Å². The minimum Gasteiger partial charge on any atom is -0.469 e. The number of ketones is 1. The van der Waals surface area contributed by atoms with Crippen LogP contribution in [0.5, 0.6) is 0 Å². The zero-order chi connectivity index (χ0) is 16.8. The Kier molecular flexibility index (Phi) is 13.6. The third kappa shape index (κ3) is 16.2. The topological polar surface area (TPSA) is 86.7 Å². The molecular formula is C15H26O6. The fourth-order valence-electron chi connectivity index (χ4n) is 1.17. The van der Waals surface area contributed by atoms with Crippen LogP contribution >= 0.6 is 0 Å². The van der Waals surface area contributed by atoms with Crippen molar-refractivity contribution >= 4 is 23.7 Å². The maximum atomic E-state index is 10.8. The molecule has 0 unspecified atom stereocenters. The van der Waals surface area contributed by atoms with E-state index in [1.165, 1.54) is 7.11 Å². The Bertz CT molecular complexity index is 346. The van der Waals surface area contributed by atoms with Crippen molar-refractivity contribution in [2.45, 2.75) is 59.8 Å². The highest BCUT2D eigenvalue weighted by Crippen LogP contribution is 2.01. The average Bonchev–Trinajstić information content (AvgIpc) is 2.38. The molecule has 0 aliphatic carbocycles. The van der Waals surface area contributed by atoms with Crippen LogP contribution in [0.1, 0.15) is 59.8 Å². The molecule has 122 valence electrons. The molecule has 0 aromatic rings. The predicted molar refractivity (Wildman–Crippen MR) is 77.4 cm³/mol. The van der Waals surface area contributed by atoms with Gasteiger partial charge in [-0.15, -0.1) is 0 Å². The number of ether oxygens (including phenoxy) is 2. The summed E-state index contributed by atoms with van der Waals surface area (Å²) in [7, 11) is 1.28. The summed E-state index contributed by atoms with van der Waals surface area (Å²) in [5, 5.41) is 0. The van der Waals surface area contributed by atoms with Crippen LogP contribution in [0.15, 0.2) is 0 Å². The molecular weight excluding hydrogens is 276 g/mol. The molecule has 21 heavy (non-hydrogen) atoms. The van der Waals surface area contributed by atoms with Gasteiger partial charge in [0.1, 0.15) is 12.2 Å². The second-order valence-corrected chi connectivity index (χ2v) is 4.84. The zero-order valence-corrected chi connectivity index (χ0v) is 13.6. The molecule has 0 bridgehead atoms. The maximum Gasteiger partial charge on any atom is 0.313 e. The van der Waals surface area contributed by atoms with Crippen LogP contribution in [0.2, 0.25) is 0 Å². The average molecular weight is 302 g/mol. The van der Waals surface area contributed by atoms with Gasteiger partial charge in [-0.05, 0) is 12.3 Å². The zero-order valence-electron chi connectivity index (χ0n) is 13.6. The Morgan fingerprint density at radius 1 is 0.952 bits per heavy atom. The third-order valence-corrected chi connectivity index (χ3v) is 2.19. The highest BCUT2D eigenvalue weighted by Gasteiger charge is 2.09. The van der Waals surface area contributed by atoms with Crippen molar-refractivity contribution in [1.29, 1.82) is 0 Å². The van der Waals surface area contributed by atoms with E-state index in [9.17, 15) is 19.2 Å². The minimum atomic E-state index is -0.448. The van der Waals surface area contributed by atoms with E-state index >= 15 is 0 Å². The van der Waals surface area contributed by atoms with Gasteiger partial charge < -0.3 is 9.47 Å². The van der Waals surface area contributed by atoms with Gasteiger partial charge in [-0.1, -0.05) is 27.7 Å². The Morgan fingerprint density at radius 3 is 1.90 bits per heavy atom. The fraction of sp³-hybridized carbons (Fsp3) is 0.733. The second-order valence-electron chi connectivity index (χ2n) is 4.84. The van der Waals surface area contributed by atoms with Crippen LogP contribution in [0.3, 0.4) is 0 Å². The maximum absolute atomic E-state index is 10.8. The van der Waals surface area contributed by atoms with Gasteiger partial charge in [-0.25, -0.2) is 0 Å². The van der Waals surface area contributed by atoms with Gasteiger partial charge in [-0.3, -0.25) is 19.2 Å². The van der Waals surface area contributed by atoms with Gasteiger partial charge >= 0.3 is 17.9 Å². The molecule has 0 heterocycles. The van der Waals surface area contributed by atoms with E-state index in [1.807, 2.05) is 20.8 Å². The Hall–Kier alpha value is -1.72. The van der Waals surface area contributed by atoms with Crippen LogP contribution in [-0.2, 0) is 28.7 Å². The van der Waals surface area contributed by atoms with E-state index in [2.05, 4.69) is 9.47 Å². The number of Topliss-reactive ketones (excluding diaryl/α,β-unsaturated/α-hetero) is 1. The highest BCUT2D eigenvalue weighted by molar-refractivity contribution is 5.95. The number of carbonyl (C=O) groups is 4. The molecule has 0 saturated carbocycles. The lowest BCUT2D eigenvalue weighted by Gasteiger charge is -2.02. The van der Waals surface area contributed by atoms with Gasteiger partial charge in [-0.2, -0.15) is 0 Å². The van der Waals surface area contributed by atoms with E-state index in [0.717, 1.165) is 6.42 Å². The van der Waals surface area contributed by atoms with Crippen LogP contribution in [-0.4, -0.2) is 30.8 Å². The fourth-order valence-corrected chi connectivity index (χ4v) is 1.17. The lowest BCUT2D eigenvalue weighted by molar-refractivity contribution is -0.160. The van der Waals surface area contributed by atoms with E-state index in [1.54, 1.807) is 6.92 Å². The summed E-state index contributed by atoms with van der Waals surface area (Å²) in [5.41, 5.74) is 0. The van der Waals surface area contributed by atoms with Crippen LogP contribution in [0.4, 0.5) is 0 Å². The summed E-state index contributed by atoms with van der Waals surface area (Å²) >= 11 is 0. The van der Waals surface area contributed by atoms with Crippen molar-refractivity contribution in [1.82, 2.24) is 0 Å². The number of rotatable bonds is 7. The number of carbonyl (C=O) groups excluding carboxylic acids is 4. The molecule has 0 saturated heterocycles. The smallest absolute Gasteiger partial charge is 0.313 e. The van der Waals surface area contributed by atoms with Crippen molar-refractivity contribution in [2.75, 3.05) is 7.11 Å². The lowest BCUT2D eigenvalue weighted by atomic mass is 10.1. The van der Waals surface area contributed by atoms with Crippen LogP contribution in [0.25, 0.3) is 0 Å². The Labute approximate surface area is 126 Å². The molecule has 6 nitrogen and oxygen atoms in total. The highest BCUT2D eigenvalue weighted by atomic mass is 16.6. The number of hydrogen-bond donors (Lipinski definition) is 0. The van der Waals surface area contributed by atoms with Gasteiger partial charge in [0, 0.05) is 19.3 Å². The largest absolute Gasteiger partial charge is 0.469 e. The van der Waals surface area contributed by atoms with Crippen molar-refractivity contribution in [3.8, 4) is 0 Å². The monoisotopic (exact) mass is 302 g/mol. The van der Waals surface area contributed by atoms with Crippen LogP contribution < -0.4 is 0 Å². The summed E-state index contributed by atoms with van der Waals surface area (Å²) in [6.07, 6.45) is 1.74. The van der Waals surface area contributed by atoms with Crippen molar-refractivity contribution in [3.63, 3.8) is 0 Å². The van der Waals surface area contributed by atoms with E-state index < -0.39 is 17.9 Å². The molecule has 0 spiro atoms. The summed E-state index contributed by atoms with van der Waals surface area (Å²) in [5.74, 6) is -1.12. The molecule has 0 atom stereocenters. The molecule has 0 N–H and O–H groups in total. The first-order valence-electron chi connectivity index (χ1n) is 7.08. The summed E-state index contributed by atoms with van der Waals surface area (Å²) in [6, 6.07) is 0. The first kappa shape index (κ1) is 21.6. The quantitative estimate of drug-likeness (QED) is 0.530. The lowest BCUT2D eigenvalue weighted by Crippen LogP contribution is -2.12. The van der Waals surface area contributed by atoms with Gasteiger partial charge in [0.2, 0.25) is 0 Å². The molecule has 6 heteroatoms. The number of esters is 3. The molecule has 0 aromatic heterocycles. The Morgan fingerprint density at radius 2 is 1.52 bits per heavy atom.